The van der Waals surface area contributed by atoms with Crippen LogP contribution in [-0.2, 0) is 10.3 Å². The number of carbonyl (C=O) groups is 2. The van der Waals surface area contributed by atoms with E-state index in [1.165, 1.54) is 12.3 Å². The Labute approximate surface area is 199 Å². The lowest BCUT2D eigenvalue weighted by Gasteiger charge is -2.36. The van der Waals surface area contributed by atoms with Crippen LogP contribution in [0.5, 0.6) is 0 Å². The first-order valence-corrected chi connectivity index (χ1v) is 12.1. The summed E-state index contributed by atoms with van der Waals surface area (Å²) in [5, 5.41) is 14.6. The summed E-state index contributed by atoms with van der Waals surface area (Å²) in [5.41, 5.74) is 1.37. The molecule has 3 aliphatic rings. The largest absolute Gasteiger partial charge is 0.324 e. The lowest BCUT2D eigenvalue weighted by molar-refractivity contribution is -0.384. The molecule has 0 radical (unpaired) electrons. The van der Waals surface area contributed by atoms with Crippen LogP contribution in [0.25, 0.3) is 0 Å². The molecule has 4 atom stereocenters. The fourth-order valence-electron chi connectivity index (χ4n) is 5.94. The van der Waals surface area contributed by atoms with E-state index in [1.807, 2.05) is 30.3 Å². The zero-order valence-corrected chi connectivity index (χ0v) is 18.8. The molecule has 170 valence electrons. The Hall–Kier alpha value is -3.56. The summed E-state index contributed by atoms with van der Waals surface area (Å²) in [6.45, 7) is 0. The van der Waals surface area contributed by atoms with Gasteiger partial charge in [0.25, 0.3) is 5.69 Å². The van der Waals surface area contributed by atoms with Gasteiger partial charge < -0.3 is 5.32 Å². The fourth-order valence-corrected chi connectivity index (χ4v) is 7.26. The van der Waals surface area contributed by atoms with Crippen LogP contribution in [-0.4, -0.2) is 44.2 Å². The number of hydrogen-bond acceptors (Lipinski definition) is 7. The summed E-state index contributed by atoms with van der Waals surface area (Å²) in [5.74, 6) is -0.268. The van der Waals surface area contributed by atoms with Crippen molar-refractivity contribution in [2.24, 2.45) is 5.92 Å². The molecule has 1 spiro atoms. The minimum atomic E-state index is -1.20. The number of non-ortho nitro benzene ring substituents is 1. The van der Waals surface area contributed by atoms with Gasteiger partial charge in [0.15, 0.2) is 5.78 Å². The average molecular weight is 473 g/mol. The van der Waals surface area contributed by atoms with Crippen molar-refractivity contribution in [3.05, 3.63) is 99.9 Å². The maximum absolute atomic E-state index is 14.2. The van der Waals surface area contributed by atoms with E-state index in [0.717, 1.165) is 11.3 Å². The Kier molecular flexibility index (Phi) is 4.79. The molecule has 1 N–H and O–H groups in total. The third kappa shape index (κ3) is 2.80. The minimum Gasteiger partial charge on any atom is -0.324 e. The lowest BCUT2D eigenvalue weighted by atomic mass is 9.69. The average Bonchev–Trinajstić information content (AvgIpc) is 3.52. The number of aromatic nitrogens is 1. The predicted octanol–water partition coefficient (Wildman–Crippen LogP) is 3.81. The minimum absolute atomic E-state index is 0.0282. The Bertz CT molecular complexity index is 1330. The van der Waals surface area contributed by atoms with Gasteiger partial charge in [-0.3, -0.25) is 29.6 Å². The molecular weight excluding hydrogens is 452 g/mol. The number of rotatable bonds is 4. The third-order valence-corrected chi connectivity index (χ3v) is 8.26. The molecule has 8 nitrogen and oxygen atoms in total. The summed E-state index contributed by atoms with van der Waals surface area (Å²) in [7, 11) is 0. The van der Waals surface area contributed by atoms with Gasteiger partial charge in [-0.15, -0.1) is 11.8 Å². The van der Waals surface area contributed by atoms with Crippen LogP contribution >= 0.6 is 11.8 Å². The molecule has 0 unspecified atom stereocenters. The van der Waals surface area contributed by atoms with Gasteiger partial charge in [0.1, 0.15) is 5.54 Å². The molecule has 2 aromatic carbocycles. The van der Waals surface area contributed by atoms with Crippen molar-refractivity contribution >= 4 is 34.8 Å². The Morgan fingerprint density at radius 1 is 1.18 bits per heavy atom. The van der Waals surface area contributed by atoms with Crippen molar-refractivity contribution in [2.75, 3.05) is 16.9 Å². The van der Waals surface area contributed by atoms with Crippen LogP contribution in [0.3, 0.4) is 0 Å². The number of thioether (sulfide) groups is 1. The molecule has 2 saturated heterocycles. The highest BCUT2D eigenvalue weighted by Gasteiger charge is 2.69. The summed E-state index contributed by atoms with van der Waals surface area (Å²) >= 11 is 1.71. The molecule has 2 fully saturated rings. The quantitative estimate of drug-likeness (QED) is 0.350. The highest BCUT2D eigenvalue weighted by Crippen LogP contribution is 2.61. The second-order valence-electron chi connectivity index (χ2n) is 8.76. The van der Waals surface area contributed by atoms with Crippen molar-refractivity contribution in [1.29, 1.82) is 0 Å². The Balaban J connectivity index is 1.62. The number of pyridine rings is 1. The van der Waals surface area contributed by atoms with Crippen molar-refractivity contribution in [2.45, 2.75) is 17.5 Å². The number of ketones is 1. The van der Waals surface area contributed by atoms with Crippen molar-refractivity contribution in [3.63, 3.8) is 0 Å². The van der Waals surface area contributed by atoms with E-state index < -0.39 is 22.3 Å². The van der Waals surface area contributed by atoms with Crippen LogP contribution in [0.2, 0.25) is 0 Å². The second kappa shape index (κ2) is 7.75. The molecule has 3 aromatic rings. The number of Topliss-reactive ketones (excluding diaryl/α,β-unsaturated/α-hetero) is 1. The molecule has 0 aliphatic carbocycles. The highest BCUT2D eigenvalue weighted by molar-refractivity contribution is 7.99. The maximum atomic E-state index is 14.2. The van der Waals surface area contributed by atoms with Gasteiger partial charge in [-0.1, -0.05) is 30.3 Å². The van der Waals surface area contributed by atoms with Gasteiger partial charge in [0.05, 0.1) is 10.8 Å². The number of nitro benzene ring substituents is 1. The molecule has 1 amide bonds. The van der Waals surface area contributed by atoms with E-state index in [4.69, 9.17) is 0 Å². The number of hydrogen-bond donors (Lipinski definition) is 1. The van der Waals surface area contributed by atoms with Gasteiger partial charge in [0.2, 0.25) is 5.91 Å². The van der Waals surface area contributed by atoms with Crippen molar-refractivity contribution in [1.82, 2.24) is 9.88 Å². The van der Waals surface area contributed by atoms with E-state index in [1.54, 1.807) is 42.2 Å². The summed E-state index contributed by atoms with van der Waals surface area (Å²) in [6.07, 6.45) is 3.13. The molecule has 1 aromatic heterocycles. The van der Waals surface area contributed by atoms with Gasteiger partial charge >= 0.3 is 0 Å². The van der Waals surface area contributed by atoms with E-state index in [9.17, 15) is 19.7 Å². The molecule has 4 heterocycles. The van der Waals surface area contributed by atoms with Crippen LogP contribution in [0, 0.1) is 16.0 Å². The normalized spacial score (nSPS) is 27.4. The first-order valence-electron chi connectivity index (χ1n) is 11.0. The Morgan fingerprint density at radius 2 is 2.03 bits per heavy atom. The lowest BCUT2D eigenvalue weighted by Crippen LogP contribution is -2.52. The number of para-hydroxylation sites is 1. The van der Waals surface area contributed by atoms with Gasteiger partial charge in [-0.25, -0.2) is 0 Å². The maximum Gasteiger partial charge on any atom is 0.269 e. The number of carbonyl (C=O) groups excluding carboxylic acids is 2. The number of amides is 1. The topological polar surface area (TPSA) is 105 Å². The van der Waals surface area contributed by atoms with Crippen molar-refractivity contribution < 1.29 is 14.5 Å². The molecular formula is C25H20N4O4S. The van der Waals surface area contributed by atoms with Gasteiger partial charge in [-0.05, 0) is 23.8 Å². The van der Waals surface area contributed by atoms with Crippen LogP contribution in [0.4, 0.5) is 11.4 Å². The highest BCUT2D eigenvalue weighted by atomic mass is 32.2. The number of nitro groups is 1. The van der Waals surface area contributed by atoms with Crippen molar-refractivity contribution in [3.8, 4) is 0 Å². The number of nitrogens with zero attached hydrogens (tertiary/aromatic N) is 3. The number of fused-ring (bicyclic) bond motifs is 4. The molecule has 0 saturated carbocycles. The Morgan fingerprint density at radius 3 is 2.82 bits per heavy atom. The summed E-state index contributed by atoms with van der Waals surface area (Å²) < 4.78 is 0. The fraction of sp³-hybridized carbons (Fsp3) is 0.240. The SMILES string of the molecule is O=C(c1cccnc1)[C@@H]1[C@@H](c2cccc([N+](=O)[O-])c2)[C@H]2CSCN2[C@@]12C(=O)Nc1ccccc12. The number of nitrogens with one attached hydrogen (secondary N) is 1. The summed E-state index contributed by atoms with van der Waals surface area (Å²) in [4.78, 5) is 45.5. The number of benzene rings is 2. The first kappa shape index (κ1) is 21.0. The smallest absolute Gasteiger partial charge is 0.269 e. The predicted molar refractivity (Wildman–Crippen MR) is 128 cm³/mol. The van der Waals surface area contributed by atoms with Crippen LogP contribution in [0.15, 0.2) is 73.1 Å². The molecule has 6 rings (SSSR count). The number of anilines is 1. The van der Waals surface area contributed by atoms with Gasteiger partial charge in [0, 0.05) is 64.9 Å². The van der Waals surface area contributed by atoms with E-state index >= 15 is 0 Å². The molecule has 0 bridgehead atoms. The standard InChI is InChI=1S/C25H20N4O4S/c30-23(16-6-4-10-26-12-16)22-21(15-5-3-7-17(11-15)29(32)33)20-13-34-14-28(20)25(22)18-8-1-2-9-19(18)27-24(25)31/h1-12,20-22H,13-14H2,(H,27,31)/t20-,21+,22+,25-/m1/s1. The van der Waals surface area contributed by atoms with E-state index in [0.29, 0.717) is 22.7 Å². The van der Waals surface area contributed by atoms with Crippen LogP contribution in [0.1, 0.15) is 27.4 Å². The first-order chi connectivity index (χ1) is 16.5. The molecule has 34 heavy (non-hydrogen) atoms. The van der Waals surface area contributed by atoms with Crippen LogP contribution < -0.4 is 5.32 Å². The monoisotopic (exact) mass is 472 g/mol. The van der Waals surface area contributed by atoms with E-state index in [2.05, 4.69) is 15.2 Å². The third-order valence-electron chi connectivity index (χ3n) is 7.22. The zero-order chi connectivity index (χ0) is 23.4. The second-order valence-corrected chi connectivity index (χ2v) is 9.76. The van der Waals surface area contributed by atoms with E-state index in [-0.39, 0.29) is 23.4 Å². The molecule has 3 aliphatic heterocycles. The zero-order valence-electron chi connectivity index (χ0n) is 18.0. The molecule has 9 heteroatoms. The van der Waals surface area contributed by atoms with Gasteiger partial charge in [-0.2, -0.15) is 0 Å². The summed E-state index contributed by atoms with van der Waals surface area (Å²) in [6, 6.07) is 17.3.